The van der Waals surface area contributed by atoms with Gasteiger partial charge in [0.05, 0.1) is 0 Å². The SMILES string of the molecule is Nc1ccc(Sc2ccccc2)cc1-c1ccccc1. The maximum Gasteiger partial charge on any atom is 0.0394 e. The Bertz CT molecular complexity index is 693. The summed E-state index contributed by atoms with van der Waals surface area (Å²) in [6, 6.07) is 26.8. The molecule has 3 aromatic carbocycles. The topological polar surface area (TPSA) is 26.0 Å². The molecular weight excluding hydrogens is 262 g/mol. The Balaban J connectivity index is 1.95. The van der Waals surface area contributed by atoms with Crippen molar-refractivity contribution in [3.63, 3.8) is 0 Å². The Hall–Kier alpha value is -2.19. The summed E-state index contributed by atoms with van der Waals surface area (Å²) < 4.78 is 0. The molecule has 0 radical (unpaired) electrons. The normalized spacial score (nSPS) is 10.4. The predicted molar refractivity (Wildman–Crippen MR) is 86.9 cm³/mol. The number of anilines is 1. The van der Waals surface area contributed by atoms with E-state index < -0.39 is 0 Å². The zero-order chi connectivity index (χ0) is 13.8. The van der Waals surface area contributed by atoms with Gasteiger partial charge in [-0.3, -0.25) is 0 Å². The van der Waals surface area contributed by atoms with E-state index in [1.807, 2.05) is 30.3 Å². The van der Waals surface area contributed by atoms with Gasteiger partial charge in [0.25, 0.3) is 0 Å². The third-order valence-corrected chi connectivity index (χ3v) is 4.09. The number of nitrogen functional groups attached to an aromatic ring is 1. The van der Waals surface area contributed by atoms with Gasteiger partial charge < -0.3 is 5.73 Å². The van der Waals surface area contributed by atoms with E-state index in [1.165, 1.54) is 9.79 Å². The van der Waals surface area contributed by atoms with Gasteiger partial charge in [0.15, 0.2) is 0 Å². The summed E-state index contributed by atoms with van der Waals surface area (Å²) in [6.07, 6.45) is 0. The van der Waals surface area contributed by atoms with E-state index in [1.54, 1.807) is 11.8 Å². The van der Waals surface area contributed by atoms with Crippen molar-refractivity contribution >= 4 is 17.4 Å². The van der Waals surface area contributed by atoms with E-state index in [-0.39, 0.29) is 0 Å². The van der Waals surface area contributed by atoms with Gasteiger partial charge in [-0.2, -0.15) is 0 Å². The third-order valence-electron chi connectivity index (χ3n) is 3.09. The molecule has 3 rings (SSSR count). The van der Waals surface area contributed by atoms with Crippen LogP contribution in [0.3, 0.4) is 0 Å². The van der Waals surface area contributed by atoms with E-state index in [0.717, 1.165) is 16.8 Å². The number of benzene rings is 3. The number of hydrogen-bond donors (Lipinski definition) is 1. The highest BCUT2D eigenvalue weighted by Gasteiger charge is 2.05. The first-order valence-corrected chi connectivity index (χ1v) is 7.32. The molecule has 0 saturated heterocycles. The van der Waals surface area contributed by atoms with Crippen LogP contribution in [0, 0.1) is 0 Å². The molecule has 0 spiro atoms. The van der Waals surface area contributed by atoms with Crippen LogP contribution in [0.2, 0.25) is 0 Å². The molecule has 0 aliphatic heterocycles. The largest absolute Gasteiger partial charge is 0.398 e. The summed E-state index contributed by atoms with van der Waals surface area (Å²) in [6.45, 7) is 0. The smallest absolute Gasteiger partial charge is 0.0394 e. The van der Waals surface area contributed by atoms with Gasteiger partial charge in [0.1, 0.15) is 0 Å². The van der Waals surface area contributed by atoms with Crippen molar-refractivity contribution < 1.29 is 0 Å². The molecule has 1 nitrogen and oxygen atoms in total. The van der Waals surface area contributed by atoms with Gasteiger partial charge in [-0.05, 0) is 35.9 Å². The second-order valence-electron chi connectivity index (χ2n) is 4.53. The van der Waals surface area contributed by atoms with Crippen molar-refractivity contribution in [2.24, 2.45) is 0 Å². The maximum absolute atomic E-state index is 6.11. The van der Waals surface area contributed by atoms with Gasteiger partial charge in [-0.25, -0.2) is 0 Å². The molecule has 2 heteroatoms. The Kier molecular flexibility index (Phi) is 3.75. The summed E-state index contributed by atoms with van der Waals surface area (Å²) >= 11 is 1.75. The molecule has 0 amide bonds. The number of hydrogen-bond acceptors (Lipinski definition) is 2. The van der Waals surface area contributed by atoms with Crippen molar-refractivity contribution in [2.75, 3.05) is 5.73 Å². The highest BCUT2D eigenvalue weighted by molar-refractivity contribution is 7.99. The second kappa shape index (κ2) is 5.85. The van der Waals surface area contributed by atoms with Crippen LogP contribution in [-0.2, 0) is 0 Å². The lowest BCUT2D eigenvalue weighted by Crippen LogP contribution is -1.90. The van der Waals surface area contributed by atoms with Crippen LogP contribution in [0.5, 0.6) is 0 Å². The lowest BCUT2D eigenvalue weighted by Gasteiger charge is -2.09. The Morgan fingerprint density at radius 2 is 1.30 bits per heavy atom. The summed E-state index contributed by atoms with van der Waals surface area (Å²) in [5, 5.41) is 0. The van der Waals surface area contributed by atoms with Crippen LogP contribution in [0.4, 0.5) is 5.69 Å². The molecule has 0 aliphatic carbocycles. The van der Waals surface area contributed by atoms with Gasteiger partial charge in [-0.15, -0.1) is 0 Å². The van der Waals surface area contributed by atoms with Gasteiger partial charge in [-0.1, -0.05) is 60.3 Å². The molecule has 0 aromatic heterocycles. The molecule has 0 saturated carbocycles. The van der Waals surface area contributed by atoms with Crippen LogP contribution in [0.1, 0.15) is 0 Å². The molecule has 20 heavy (non-hydrogen) atoms. The number of nitrogens with two attached hydrogens (primary N) is 1. The fourth-order valence-corrected chi connectivity index (χ4v) is 2.97. The van der Waals surface area contributed by atoms with E-state index in [4.69, 9.17) is 5.73 Å². The lowest BCUT2D eigenvalue weighted by molar-refractivity contribution is 1.40. The molecule has 0 unspecified atom stereocenters. The van der Waals surface area contributed by atoms with Crippen LogP contribution >= 0.6 is 11.8 Å². The second-order valence-corrected chi connectivity index (χ2v) is 5.68. The fourth-order valence-electron chi connectivity index (χ4n) is 2.09. The predicted octanol–water partition coefficient (Wildman–Crippen LogP) is 5.09. The molecular formula is C18H15NS. The van der Waals surface area contributed by atoms with Crippen LogP contribution in [0.25, 0.3) is 11.1 Å². The monoisotopic (exact) mass is 277 g/mol. The van der Waals surface area contributed by atoms with Crippen LogP contribution < -0.4 is 5.73 Å². The average molecular weight is 277 g/mol. The van der Waals surface area contributed by atoms with E-state index in [9.17, 15) is 0 Å². The molecule has 0 aliphatic rings. The minimum Gasteiger partial charge on any atom is -0.398 e. The molecule has 0 atom stereocenters. The van der Waals surface area contributed by atoms with Crippen LogP contribution in [0.15, 0.2) is 88.7 Å². The van der Waals surface area contributed by atoms with Crippen LogP contribution in [-0.4, -0.2) is 0 Å². The molecule has 0 bridgehead atoms. The highest BCUT2D eigenvalue weighted by atomic mass is 32.2. The third kappa shape index (κ3) is 2.86. The van der Waals surface area contributed by atoms with E-state index >= 15 is 0 Å². The van der Waals surface area contributed by atoms with Crippen molar-refractivity contribution in [1.82, 2.24) is 0 Å². The standard InChI is InChI=1S/C18H15NS/c19-18-12-11-16(20-15-9-5-2-6-10-15)13-17(18)14-7-3-1-4-8-14/h1-13H,19H2. The van der Waals surface area contributed by atoms with Crippen molar-refractivity contribution in [3.05, 3.63) is 78.9 Å². The van der Waals surface area contributed by atoms with Crippen molar-refractivity contribution in [1.29, 1.82) is 0 Å². The first-order chi connectivity index (χ1) is 9.83. The van der Waals surface area contributed by atoms with Crippen molar-refractivity contribution in [3.8, 4) is 11.1 Å². The number of rotatable bonds is 3. The summed E-state index contributed by atoms with van der Waals surface area (Å²) in [5.74, 6) is 0. The van der Waals surface area contributed by atoms with E-state index in [2.05, 4.69) is 48.5 Å². The molecule has 3 aromatic rings. The zero-order valence-electron chi connectivity index (χ0n) is 11.0. The molecule has 98 valence electrons. The fraction of sp³-hybridized carbons (Fsp3) is 0. The van der Waals surface area contributed by atoms with Crippen molar-refractivity contribution in [2.45, 2.75) is 9.79 Å². The minimum atomic E-state index is 0.814. The highest BCUT2D eigenvalue weighted by Crippen LogP contribution is 2.33. The van der Waals surface area contributed by atoms with E-state index in [0.29, 0.717) is 0 Å². The quantitative estimate of drug-likeness (QED) is 0.675. The van der Waals surface area contributed by atoms with Gasteiger partial charge >= 0.3 is 0 Å². The minimum absolute atomic E-state index is 0.814. The average Bonchev–Trinajstić information content (AvgIpc) is 2.51. The Morgan fingerprint density at radius 1 is 0.650 bits per heavy atom. The first kappa shape index (κ1) is 12.8. The first-order valence-electron chi connectivity index (χ1n) is 6.51. The zero-order valence-corrected chi connectivity index (χ0v) is 11.8. The summed E-state index contributed by atoms with van der Waals surface area (Å²) in [4.78, 5) is 2.43. The molecule has 0 heterocycles. The summed E-state index contributed by atoms with van der Waals surface area (Å²) in [7, 11) is 0. The van der Waals surface area contributed by atoms with Gasteiger partial charge in [0, 0.05) is 21.0 Å². The molecule has 2 N–H and O–H groups in total. The maximum atomic E-state index is 6.11. The lowest BCUT2D eigenvalue weighted by atomic mass is 10.0. The Morgan fingerprint density at radius 3 is 2.00 bits per heavy atom. The van der Waals surface area contributed by atoms with Gasteiger partial charge in [0.2, 0.25) is 0 Å². The Labute approximate surface area is 123 Å². The summed E-state index contributed by atoms with van der Waals surface area (Å²) in [5.41, 5.74) is 9.16. The molecule has 0 fully saturated rings.